The number of fused-ring (bicyclic) bond motifs is 1. The maximum Gasteiger partial charge on any atom is 0.246 e. The Morgan fingerprint density at radius 2 is 1.66 bits per heavy atom. The zero-order chi connectivity index (χ0) is 41.4. The van der Waals surface area contributed by atoms with Gasteiger partial charge in [0.1, 0.15) is 36.1 Å². The second kappa shape index (κ2) is 19.2. The van der Waals surface area contributed by atoms with E-state index in [9.17, 15) is 19.5 Å². The number of carbonyl (C=O) groups excluding carboxylic acids is 3. The van der Waals surface area contributed by atoms with E-state index in [1.807, 2.05) is 114 Å². The van der Waals surface area contributed by atoms with E-state index in [1.165, 1.54) is 4.90 Å². The number of anilines is 1. The van der Waals surface area contributed by atoms with E-state index in [0.717, 1.165) is 53.9 Å². The number of aryl methyl sites for hydroxylation is 1. The van der Waals surface area contributed by atoms with Crippen LogP contribution in [0.15, 0.2) is 72.2 Å². The van der Waals surface area contributed by atoms with E-state index in [-0.39, 0.29) is 44.7 Å². The molecule has 15 heteroatoms. The molecule has 1 fully saturated rings. The summed E-state index contributed by atoms with van der Waals surface area (Å²) in [6, 6.07) is 19.7. The van der Waals surface area contributed by atoms with Crippen LogP contribution in [0.4, 0.5) is 5.69 Å². The highest BCUT2D eigenvalue weighted by Crippen LogP contribution is 2.33. The molecule has 1 aliphatic heterocycles. The van der Waals surface area contributed by atoms with Crippen LogP contribution in [-0.2, 0) is 23.9 Å². The van der Waals surface area contributed by atoms with Gasteiger partial charge in [-0.15, -0.1) is 22.7 Å². The van der Waals surface area contributed by atoms with Gasteiger partial charge >= 0.3 is 0 Å². The van der Waals surface area contributed by atoms with Gasteiger partial charge in [-0.2, -0.15) is 0 Å². The van der Waals surface area contributed by atoms with Crippen molar-refractivity contribution in [2.24, 2.45) is 5.41 Å². The van der Waals surface area contributed by atoms with Gasteiger partial charge in [-0.25, -0.2) is 9.97 Å². The maximum absolute atomic E-state index is 14.0. The molecule has 2 aromatic heterocycles. The van der Waals surface area contributed by atoms with Crippen molar-refractivity contribution in [3.05, 3.63) is 83.5 Å². The smallest absolute Gasteiger partial charge is 0.246 e. The van der Waals surface area contributed by atoms with Crippen LogP contribution in [0.2, 0.25) is 0 Å². The molecule has 3 heterocycles. The normalized spacial score (nSPS) is 16.6. The van der Waals surface area contributed by atoms with Crippen molar-refractivity contribution in [1.29, 1.82) is 0 Å². The highest BCUT2D eigenvalue weighted by molar-refractivity contribution is 7.21. The Balaban J connectivity index is 0.922. The van der Waals surface area contributed by atoms with E-state index >= 15 is 0 Å². The molecule has 1 saturated heterocycles. The molecule has 58 heavy (non-hydrogen) atoms. The Labute approximate surface area is 347 Å². The van der Waals surface area contributed by atoms with Crippen LogP contribution in [0, 0.1) is 12.3 Å². The number of carbonyl (C=O) groups is 3. The van der Waals surface area contributed by atoms with Crippen LogP contribution in [0.25, 0.3) is 31.2 Å². The van der Waals surface area contributed by atoms with E-state index in [0.29, 0.717) is 13.2 Å². The van der Waals surface area contributed by atoms with Gasteiger partial charge in [-0.05, 0) is 72.9 Å². The Hall–Kier alpha value is -4.93. The van der Waals surface area contributed by atoms with Crippen LogP contribution in [-0.4, -0.2) is 103 Å². The number of β-amino-alcohol motifs (C(OH)–C–C–N with tert-alkyl or cyclic N) is 1. The van der Waals surface area contributed by atoms with Gasteiger partial charge in [0.05, 0.1) is 58.3 Å². The molecule has 3 aromatic carbocycles. The van der Waals surface area contributed by atoms with Crippen molar-refractivity contribution >= 4 is 56.3 Å². The summed E-state index contributed by atoms with van der Waals surface area (Å²) in [4.78, 5) is 52.1. The Morgan fingerprint density at radius 3 is 2.34 bits per heavy atom. The zero-order valence-corrected chi connectivity index (χ0v) is 35.4. The average molecular weight is 829 g/mol. The third-order valence-corrected chi connectivity index (χ3v) is 12.0. The zero-order valence-electron chi connectivity index (χ0n) is 33.7. The van der Waals surface area contributed by atoms with Gasteiger partial charge in [0.15, 0.2) is 0 Å². The van der Waals surface area contributed by atoms with Crippen LogP contribution in [0.3, 0.4) is 0 Å². The predicted octanol–water partition coefficient (Wildman–Crippen LogP) is 6.22. The summed E-state index contributed by atoms with van der Waals surface area (Å²) in [6.45, 7) is 10.2. The third-order valence-electron chi connectivity index (χ3n) is 9.94. The van der Waals surface area contributed by atoms with Crippen molar-refractivity contribution < 1.29 is 33.7 Å². The van der Waals surface area contributed by atoms with Gasteiger partial charge < -0.3 is 40.2 Å². The Morgan fingerprint density at radius 1 is 0.948 bits per heavy atom. The summed E-state index contributed by atoms with van der Waals surface area (Å²) in [6.07, 6.45) is -0.771. The summed E-state index contributed by atoms with van der Waals surface area (Å²) < 4.78 is 18.1. The number of aliphatic hydroxyl groups excluding tert-OH is 1. The van der Waals surface area contributed by atoms with Crippen LogP contribution in [0.1, 0.15) is 51.4 Å². The van der Waals surface area contributed by atoms with Crippen molar-refractivity contribution in [2.75, 3.05) is 51.9 Å². The molecule has 308 valence electrons. The molecule has 4 atom stereocenters. The summed E-state index contributed by atoms with van der Waals surface area (Å²) in [7, 11) is 1.89. The number of amides is 3. The molecule has 1 aliphatic rings. The van der Waals surface area contributed by atoms with Gasteiger partial charge in [-0.3, -0.25) is 14.4 Å². The van der Waals surface area contributed by atoms with E-state index in [1.54, 1.807) is 22.7 Å². The van der Waals surface area contributed by atoms with Crippen molar-refractivity contribution in [1.82, 2.24) is 25.5 Å². The lowest BCUT2D eigenvalue weighted by Crippen LogP contribution is -2.58. The number of nitrogens with one attached hydrogen (secondary N) is 3. The fourth-order valence-corrected chi connectivity index (χ4v) is 8.53. The number of benzene rings is 3. The monoisotopic (exact) mass is 828 g/mol. The molecule has 4 N–H and O–H groups in total. The first kappa shape index (κ1) is 42.7. The fourth-order valence-electron chi connectivity index (χ4n) is 6.72. The van der Waals surface area contributed by atoms with Crippen LogP contribution < -0.4 is 20.7 Å². The molecule has 5 aromatic rings. The molecule has 0 saturated carbocycles. The number of aromatic nitrogens is 2. The first-order chi connectivity index (χ1) is 27.8. The second-order valence-corrected chi connectivity index (χ2v) is 17.3. The number of nitrogens with zero attached hydrogens (tertiary/aromatic N) is 3. The predicted molar refractivity (Wildman–Crippen MR) is 228 cm³/mol. The summed E-state index contributed by atoms with van der Waals surface area (Å²) in [5.41, 5.74) is 7.06. The molecule has 2 unspecified atom stereocenters. The topological polar surface area (TPSA) is 164 Å². The fraction of sp³-hybridized carbons (Fsp3) is 0.419. The first-order valence-electron chi connectivity index (χ1n) is 19.4. The van der Waals surface area contributed by atoms with Crippen molar-refractivity contribution in [3.63, 3.8) is 0 Å². The lowest BCUT2D eigenvalue weighted by Gasteiger charge is -2.35. The summed E-state index contributed by atoms with van der Waals surface area (Å²) in [5.74, 6) is -0.553. The standard InChI is InChI=1S/C43H52N6O7S2/c1-26(28-7-9-29(10-8-28)38-27(2)45-25-57-38)46-40(52)35-21-32(50)23-49(35)42(53)39(43(3,4)5)48-37(51)24-55-18-17-54-19-20-56-33-15-16-34-36(22-33)58-41(47-34)30-11-13-31(44-6)14-12-30/h7-16,22,25-26,32,35,39,44,50H,17-21,23-24H2,1-6H3,(H,46,52)(H,48,51)/t26?,32-,35+,39?/m1/s1. The number of rotatable bonds is 17. The van der Waals surface area contributed by atoms with Gasteiger partial charge in [-0.1, -0.05) is 45.0 Å². The third kappa shape index (κ3) is 10.8. The number of ether oxygens (including phenoxy) is 3. The molecular weight excluding hydrogens is 777 g/mol. The first-order valence-corrected chi connectivity index (χ1v) is 21.1. The Kier molecular flexibility index (Phi) is 14.1. The number of hydrogen-bond donors (Lipinski definition) is 4. The highest BCUT2D eigenvalue weighted by atomic mass is 32.1. The minimum absolute atomic E-state index is 0.0126. The van der Waals surface area contributed by atoms with Crippen molar-refractivity contribution in [3.8, 4) is 26.8 Å². The molecule has 0 spiro atoms. The number of likely N-dealkylation sites (tertiary alicyclic amines) is 1. The van der Waals surface area contributed by atoms with Gasteiger partial charge in [0, 0.05) is 31.3 Å². The maximum atomic E-state index is 14.0. The quantitative estimate of drug-likeness (QED) is 0.0792. The lowest BCUT2D eigenvalue weighted by molar-refractivity contribution is -0.144. The summed E-state index contributed by atoms with van der Waals surface area (Å²) >= 11 is 3.18. The van der Waals surface area contributed by atoms with Crippen LogP contribution in [0.5, 0.6) is 5.75 Å². The molecule has 0 bridgehead atoms. The molecule has 0 radical (unpaired) electrons. The SMILES string of the molecule is CNc1ccc(-c2nc3ccc(OCCOCCOCC(=O)NC(C(=O)N4C[C@H](O)C[C@H]4C(=O)NC(C)c4ccc(-c5scnc5C)cc4)C(C)(C)C)cc3s2)cc1. The largest absolute Gasteiger partial charge is 0.491 e. The average Bonchev–Trinajstić information content (AvgIpc) is 3.95. The molecule has 3 amide bonds. The molecular formula is C43H52N6O7S2. The minimum atomic E-state index is -0.960. The van der Waals surface area contributed by atoms with Gasteiger partial charge in [0.25, 0.3) is 0 Å². The van der Waals surface area contributed by atoms with Crippen LogP contribution >= 0.6 is 22.7 Å². The second-order valence-electron chi connectivity index (χ2n) is 15.4. The van der Waals surface area contributed by atoms with E-state index < -0.39 is 35.4 Å². The molecule has 0 aliphatic carbocycles. The number of thiazole rings is 2. The Bertz CT molecular complexity index is 2170. The lowest BCUT2D eigenvalue weighted by atomic mass is 9.85. The van der Waals surface area contributed by atoms with E-state index in [2.05, 4.69) is 20.9 Å². The number of hydrogen-bond acceptors (Lipinski definition) is 12. The van der Waals surface area contributed by atoms with E-state index in [4.69, 9.17) is 19.2 Å². The van der Waals surface area contributed by atoms with Gasteiger partial charge in [0.2, 0.25) is 17.7 Å². The minimum Gasteiger partial charge on any atom is -0.491 e. The number of aliphatic hydroxyl groups is 1. The summed E-state index contributed by atoms with van der Waals surface area (Å²) in [5, 5.41) is 20.5. The molecule has 6 rings (SSSR count). The van der Waals surface area contributed by atoms with Crippen molar-refractivity contribution in [2.45, 2.75) is 65.3 Å². The highest BCUT2D eigenvalue weighted by Gasteiger charge is 2.44. The molecule has 13 nitrogen and oxygen atoms in total.